The number of aliphatic hydroxyl groups excluding tert-OH is 1. The fourth-order valence-corrected chi connectivity index (χ4v) is 2.58. The molecular weight excluding hydrogens is 240 g/mol. The standard InChI is InChI=1S/C15H24N2O2/c1-3-15(18)14-5-4-13(10-16-14)17-8-6-12(7-9-17)11-19-2/h4-5,10,12,15,18H,3,6-9,11H2,1-2H3/t15-/m1/s1. The van der Waals surface area contributed by atoms with Crippen LogP contribution in [0.1, 0.15) is 38.0 Å². The number of nitrogens with zero attached hydrogens (tertiary/aromatic N) is 2. The van der Waals surface area contributed by atoms with E-state index >= 15 is 0 Å². The highest BCUT2D eigenvalue weighted by molar-refractivity contribution is 5.45. The summed E-state index contributed by atoms with van der Waals surface area (Å²) < 4.78 is 5.22. The van der Waals surface area contributed by atoms with Crippen molar-refractivity contribution in [3.63, 3.8) is 0 Å². The van der Waals surface area contributed by atoms with E-state index < -0.39 is 6.10 Å². The van der Waals surface area contributed by atoms with Gasteiger partial charge in [0.25, 0.3) is 0 Å². The van der Waals surface area contributed by atoms with Crippen molar-refractivity contribution < 1.29 is 9.84 Å². The smallest absolute Gasteiger partial charge is 0.0957 e. The second-order valence-electron chi connectivity index (χ2n) is 5.25. The van der Waals surface area contributed by atoms with E-state index in [0.29, 0.717) is 12.3 Å². The van der Waals surface area contributed by atoms with Crippen LogP contribution in [0.3, 0.4) is 0 Å². The number of ether oxygens (including phenoxy) is 1. The predicted molar refractivity (Wildman–Crippen MR) is 76.3 cm³/mol. The molecule has 106 valence electrons. The Morgan fingerprint density at radius 2 is 2.16 bits per heavy atom. The Bertz CT molecular complexity index is 372. The number of anilines is 1. The third-order valence-electron chi connectivity index (χ3n) is 3.88. The molecule has 0 amide bonds. The number of aromatic nitrogens is 1. The summed E-state index contributed by atoms with van der Waals surface area (Å²) in [6.45, 7) is 4.95. The van der Waals surface area contributed by atoms with Gasteiger partial charge in [-0.15, -0.1) is 0 Å². The minimum atomic E-state index is -0.443. The van der Waals surface area contributed by atoms with Crippen molar-refractivity contribution in [3.8, 4) is 0 Å². The first kappa shape index (κ1) is 14.3. The van der Waals surface area contributed by atoms with E-state index in [0.717, 1.165) is 31.1 Å². The quantitative estimate of drug-likeness (QED) is 0.887. The SMILES string of the molecule is CC[C@@H](O)c1ccc(N2CCC(COC)CC2)cn1. The number of methoxy groups -OCH3 is 1. The zero-order chi connectivity index (χ0) is 13.7. The van der Waals surface area contributed by atoms with E-state index in [1.54, 1.807) is 7.11 Å². The normalized spacial score (nSPS) is 18.6. The number of pyridine rings is 1. The van der Waals surface area contributed by atoms with Gasteiger partial charge in [-0.2, -0.15) is 0 Å². The lowest BCUT2D eigenvalue weighted by Crippen LogP contribution is -2.35. The van der Waals surface area contributed by atoms with Gasteiger partial charge in [0.1, 0.15) is 0 Å². The van der Waals surface area contributed by atoms with Gasteiger partial charge in [-0.25, -0.2) is 0 Å². The predicted octanol–water partition coefficient (Wildman–Crippen LogP) is 2.39. The molecule has 1 aliphatic rings. The summed E-state index contributed by atoms with van der Waals surface area (Å²) in [6, 6.07) is 4.00. The van der Waals surface area contributed by atoms with E-state index in [1.807, 2.05) is 19.2 Å². The third kappa shape index (κ3) is 3.67. The molecule has 2 heterocycles. The molecule has 1 aromatic rings. The van der Waals surface area contributed by atoms with Crippen LogP contribution in [-0.2, 0) is 4.74 Å². The topological polar surface area (TPSA) is 45.6 Å². The first-order valence-electron chi connectivity index (χ1n) is 7.12. The fourth-order valence-electron chi connectivity index (χ4n) is 2.58. The molecule has 0 spiro atoms. The van der Waals surface area contributed by atoms with Gasteiger partial charge in [0, 0.05) is 26.8 Å². The molecule has 1 aromatic heterocycles. The average molecular weight is 264 g/mol. The van der Waals surface area contributed by atoms with E-state index in [1.165, 1.54) is 12.8 Å². The second kappa shape index (κ2) is 6.87. The maximum Gasteiger partial charge on any atom is 0.0957 e. The molecule has 0 bridgehead atoms. The maximum absolute atomic E-state index is 9.73. The molecule has 0 radical (unpaired) electrons. The van der Waals surface area contributed by atoms with Gasteiger partial charge in [-0.3, -0.25) is 4.98 Å². The first-order valence-corrected chi connectivity index (χ1v) is 7.12. The van der Waals surface area contributed by atoms with Gasteiger partial charge in [-0.1, -0.05) is 6.92 Å². The highest BCUT2D eigenvalue weighted by Gasteiger charge is 2.19. The molecule has 0 unspecified atom stereocenters. The molecule has 1 saturated heterocycles. The molecular formula is C15H24N2O2. The van der Waals surface area contributed by atoms with E-state index in [2.05, 4.69) is 16.0 Å². The van der Waals surface area contributed by atoms with E-state index in [4.69, 9.17) is 4.74 Å². The van der Waals surface area contributed by atoms with Crippen LogP contribution in [0.25, 0.3) is 0 Å². The van der Waals surface area contributed by atoms with Crippen LogP contribution in [0.15, 0.2) is 18.3 Å². The molecule has 1 atom stereocenters. The van der Waals surface area contributed by atoms with Crippen molar-refractivity contribution in [1.82, 2.24) is 4.98 Å². The van der Waals surface area contributed by atoms with Crippen LogP contribution in [0, 0.1) is 5.92 Å². The largest absolute Gasteiger partial charge is 0.387 e. The molecule has 1 fully saturated rings. The average Bonchev–Trinajstić information content (AvgIpc) is 2.48. The summed E-state index contributed by atoms with van der Waals surface area (Å²) in [5, 5.41) is 9.73. The summed E-state index contributed by atoms with van der Waals surface area (Å²) in [5.41, 5.74) is 1.92. The highest BCUT2D eigenvalue weighted by Crippen LogP contribution is 2.24. The minimum absolute atomic E-state index is 0.443. The van der Waals surface area contributed by atoms with Crippen molar-refractivity contribution in [2.24, 2.45) is 5.92 Å². The molecule has 4 heteroatoms. The Labute approximate surface area is 115 Å². The van der Waals surface area contributed by atoms with Gasteiger partial charge in [0.15, 0.2) is 0 Å². The fraction of sp³-hybridized carbons (Fsp3) is 0.667. The van der Waals surface area contributed by atoms with E-state index in [9.17, 15) is 5.11 Å². The van der Waals surface area contributed by atoms with Gasteiger partial charge in [0.2, 0.25) is 0 Å². The van der Waals surface area contributed by atoms with Crippen LogP contribution in [0.4, 0.5) is 5.69 Å². The first-order chi connectivity index (χ1) is 9.24. The van der Waals surface area contributed by atoms with Crippen molar-refractivity contribution >= 4 is 5.69 Å². The Balaban J connectivity index is 1.92. The van der Waals surface area contributed by atoms with Crippen molar-refractivity contribution in [1.29, 1.82) is 0 Å². The highest BCUT2D eigenvalue weighted by atomic mass is 16.5. The monoisotopic (exact) mass is 264 g/mol. The minimum Gasteiger partial charge on any atom is -0.387 e. The summed E-state index contributed by atoms with van der Waals surface area (Å²) in [4.78, 5) is 6.73. The van der Waals surface area contributed by atoms with Crippen LogP contribution in [-0.4, -0.2) is 36.9 Å². The number of hydrogen-bond acceptors (Lipinski definition) is 4. The van der Waals surface area contributed by atoms with Crippen LogP contribution < -0.4 is 4.90 Å². The number of hydrogen-bond donors (Lipinski definition) is 1. The second-order valence-corrected chi connectivity index (χ2v) is 5.25. The Hall–Kier alpha value is -1.13. The maximum atomic E-state index is 9.73. The van der Waals surface area contributed by atoms with E-state index in [-0.39, 0.29) is 0 Å². The van der Waals surface area contributed by atoms with Crippen molar-refractivity contribution in [2.75, 3.05) is 31.7 Å². The molecule has 0 aliphatic carbocycles. The number of aliphatic hydroxyl groups is 1. The number of piperidine rings is 1. The Morgan fingerprint density at radius 3 is 2.68 bits per heavy atom. The van der Waals surface area contributed by atoms with Gasteiger partial charge in [0.05, 0.1) is 23.7 Å². The summed E-state index contributed by atoms with van der Waals surface area (Å²) >= 11 is 0. The third-order valence-corrected chi connectivity index (χ3v) is 3.88. The summed E-state index contributed by atoms with van der Waals surface area (Å²) in [6.07, 6.45) is 4.49. The lowest BCUT2D eigenvalue weighted by atomic mass is 9.97. The van der Waals surface area contributed by atoms with Gasteiger partial charge in [-0.05, 0) is 37.3 Å². The molecule has 1 N–H and O–H groups in total. The summed E-state index contributed by atoms with van der Waals surface area (Å²) in [5.74, 6) is 0.690. The Morgan fingerprint density at radius 1 is 1.42 bits per heavy atom. The van der Waals surface area contributed by atoms with Crippen molar-refractivity contribution in [2.45, 2.75) is 32.3 Å². The van der Waals surface area contributed by atoms with Crippen LogP contribution in [0.5, 0.6) is 0 Å². The number of rotatable bonds is 5. The van der Waals surface area contributed by atoms with Crippen LogP contribution in [0.2, 0.25) is 0 Å². The zero-order valence-corrected chi connectivity index (χ0v) is 11.9. The molecule has 4 nitrogen and oxygen atoms in total. The molecule has 1 aliphatic heterocycles. The lowest BCUT2D eigenvalue weighted by molar-refractivity contribution is 0.139. The summed E-state index contributed by atoms with van der Waals surface area (Å²) in [7, 11) is 1.77. The van der Waals surface area contributed by atoms with Gasteiger partial charge >= 0.3 is 0 Å². The Kier molecular flexibility index (Phi) is 5.16. The van der Waals surface area contributed by atoms with Crippen molar-refractivity contribution in [3.05, 3.63) is 24.0 Å². The molecule has 19 heavy (non-hydrogen) atoms. The molecule has 0 aromatic carbocycles. The molecule has 0 saturated carbocycles. The molecule has 2 rings (SSSR count). The van der Waals surface area contributed by atoms with Crippen LogP contribution >= 0.6 is 0 Å². The zero-order valence-electron chi connectivity index (χ0n) is 11.9. The van der Waals surface area contributed by atoms with Gasteiger partial charge < -0.3 is 14.7 Å². The lowest BCUT2D eigenvalue weighted by Gasteiger charge is -2.33.